The number of ether oxygens (including phenoxy) is 2. The molecule has 2 heterocycles. The number of aliphatic hydroxyl groups excluding tert-OH is 1. The molecule has 0 amide bonds. The summed E-state index contributed by atoms with van der Waals surface area (Å²) in [6.07, 6.45) is 6.14. The van der Waals surface area contributed by atoms with Gasteiger partial charge >= 0.3 is 0 Å². The van der Waals surface area contributed by atoms with E-state index in [-0.39, 0.29) is 6.10 Å². The molecule has 2 aliphatic rings. The molecule has 3 rings (SSSR count). The van der Waals surface area contributed by atoms with E-state index in [1.807, 2.05) is 0 Å². The molecule has 1 saturated carbocycles. The van der Waals surface area contributed by atoms with E-state index in [4.69, 9.17) is 14.0 Å². The van der Waals surface area contributed by atoms with Gasteiger partial charge in [0.2, 0.25) is 11.7 Å². The number of rotatable bonds is 5. The molecule has 1 aliphatic carbocycles. The van der Waals surface area contributed by atoms with E-state index >= 15 is 0 Å². The number of hydrogen-bond donors (Lipinski definition) is 1. The predicted molar refractivity (Wildman–Crippen MR) is 74.7 cm³/mol. The highest BCUT2D eigenvalue weighted by atomic mass is 16.5. The predicted octanol–water partition coefficient (Wildman–Crippen LogP) is 1.82. The summed E-state index contributed by atoms with van der Waals surface area (Å²) >= 11 is 0. The van der Waals surface area contributed by atoms with Gasteiger partial charge in [-0.3, -0.25) is 0 Å². The summed E-state index contributed by atoms with van der Waals surface area (Å²) < 4.78 is 16.4. The summed E-state index contributed by atoms with van der Waals surface area (Å²) in [5.41, 5.74) is -0.502. The van der Waals surface area contributed by atoms with Crippen molar-refractivity contribution in [1.29, 1.82) is 0 Å². The lowest BCUT2D eigenvalue weighted by atomic mass is 9.93. The van der Waals surface area contributed by atoms with Crippen molar-refractivity contribution < 1.29 is 19.1 Å². The van der Waals surface area contributed by atoms with E-state index in [1.54, 1.807) is 7.11 Å². The SMILES string of the molecule is COC1(c2noc(CC(O)C3CCCC3)n2)CCOCC1. The van der Waals surface area contributed by atoms with Gasteiger partial charge in [-0.05, 0) is 18.8 Å². The third kappa shape index (κ3) is 3.12. The molecule has 0 radical (unpaired) electrons. The average molecular weight is 296 g/mol. The fourth-order valence-electron chi connectivity index (χ4n) is 3.43. The van der Waals surface area contributed by atoms with Gasteiger partial charge in [0.15, 0.2) is 0 Å². The lowest BCUT2D eigenvalue weighted by Gasteiger charge is -2.32. The van der Waals surface area contributed by atoms with Crippen LogP contribution >= 0.6 is 0 Å². The number of hydrogen-bond acceptors (Lipinski definition) is 6. The standard InChI is InChI=1S/C15H24N2O4/c1-19-15(6-8-20-9-7-15)14-16-13(21-17-14)10-12(18)11-4-2-3-5-11/h11-12,18H,2-10H2,1H3. The molecule has 1 atom stereocenters. The summed E-state index contributed by atoms with van der Waals surface area (Å²) in [5.74, 6) is 1.47. The van der Waals surface area contributed by atoms with Gasteiger partial charge in [-0.15, -0.1) is 0 Å². The zero-order chi connectivity index (χ0) is 14.7. The van der Waals surface area contributed by atoms with E-state index in [0.717, 1.165) is 25.7 Å². The van der Waals surface area contributed by atoms with Gasteiger partial charge in [-0.25, -0.2) is 0 Å². The maximum Gasteiger partial charge on any atom is 0.229 e. The minimum absolute atomic E-state index is 0.375. The van der Waals surface area contributed by atoms with Crippen molar-refractivity contribution in [2.24, 2.45) is 5.92 Å². The van der Waals surface area contributed by atoms with Crippen LogP contribution in [0, 0.1) is 5.92 Å². The number of nitrogens with zero attached hydrogens (tertiary/aromatic N) is 2. The van der Waals surface area contributed by atoms with Crippen molar-refractivity contribution in [2.45, 2.75) is 56.7 Å². The van der Waals surface area contributed by atoms with Crippen LogP contribution in [-0.4, -0.2) is 41.7 Å². The second-order valence-corrected chi connectivity index (χ2v) is 6.14. The van der Waals surface area contributed by atoms with E-state index in [2.05, 4.69) is 10.1 Å². The van der Waals surface area contributed by atoms with Crippen molar-refractivity contribution in [3.63, 3.8) is 0 Å². The van der Waals surface area contributed by atoms with Crippen LogP contribution in [0.25, 0.3) is 0 Å². The maximum atomic E-state index is 10.3. The highest BCUT2D eigenvalue weighted by Crippen LogP contribution is 2.34. The molecular formula is C15H24N2O4. The average Bonchev–Trinajstić information content (AvgIpc) is 3.19. The Kier molecular flexibility index (Phi) is 4.57. The van der Waals surface area contributed by atoms with Crippen LogP contribution in [0.3, 0.4) is 0 Å². The van der Waals surface area contributed by atoms with Crippen molar-refractivity contribution >= 4 is 0 Å². The van der Waals surface area contributed by atoms with E-state index in [1.165, 1.54) is 12.8 Å². The molecule has 1 N–H and O–H groups in total. The molecule has 6 heteroatoms. The van der Waals surface area contributed by atoms with Crippen LogP contribution in [0.2, 0.25) is 0 Å². The lowest BCUT2D eigenvalue weighted by molar-refractivity contribution is -0.101. The van der Waals surface area contributed by atoms with E-state index < -0.39 is 5.60 Å². The first-order chi connectivity index (χ1) is 10.2. The lowest BCUT2D eigenvalue weighted by Crippen LogP contribution is -2.36. The molecule has 6 nitrogen and oxygen atoms in total. The molecule has 0 aromatic carbocycles. The molecular weight excluding hydrogens is 272 g/mol. The summed E-state index contributed by atoms with van der Waals surface area (Å²) in [4.78, 5) is 4.47. The van der Waals surface area contributed by atoms with Crippen LogP contribution < -0.4 is 0 Å². The van der Waals surface area contributed by atoms with E-state index in [0.29, 0.717) is 37.3 Å². The third-order valence-electron chi connectivity index (χ3n) is 4.89. The molecule has 1 aliphatic heterocycles. The minimum Gasteiger partial charge on any atom is -0.392 e. The molecule has 118 valence electrons. The molecule has 0 spiro atoms. The topological polar surface area (TPSA) is 77.6 Å². The Labute approximate surface area is 124 Å². The van der Waals surface area contributed by atoms with Crippen LogP contribution in [0.5, 0.6) is 0 Å². The molecule has 1 saturated heterocycles. The third-order valence-corrected chi connectivity index (χ3v) is 4.89. The normalized spacial score (nSPS) is 24.3. The first-order valence-corrected chi connectivity index (χ1v) is 7.87. The largest absolute Gasteiger partial charge is 0.392 e. The van der Waals surface area contributed by atoms with Crippen LogP contribution in [0.1, 0.15) is 50.2 Å². The Bertz CT molecular complexity index is 450. The van der Waals surface area contributed by atoms with Crippen molar-refractivity contribution in [3.8, 4) is 0 Å². The minimum atomic E-state index is -0.502. The van der Waals surface area contributed by atoms with Gasteiger partial charge in [-0.1, -0.05) is 18.0 Å². The Balaban J connectivity index is 1.67. The van der Waals surface area contributed by atoms with Gasteiger partial charge in [0, 0.05) is 33.2 Å². The first-order valence-electron chi connectivity index (χ1n) is 7.87. The van der Waals surface area contributed by atoms with Gasteiger partial charge < -0.3 is 19.1 Å². The smallest absolute Gasteiger partial charge is 0.229 e. The second kappa shape index (κ2) is 6.42. The summed E-state index contributed by atoms with van der Waals surface area (Å²) in [6.45, 7) is 1.28. The van der Waals surface area contributed by atoms with Crippen molar-refractivity contribution in [1.82, 2.24) is 10.1 Å². The Hall–Kier alpha value is -0.980. The molecule has 0 bridgehead atoms. The fourth-order valence-corrected chi connectivity index (χ4v) is 3.43. The van der Waals surface area contributed by atoms with Crippen molar-refractivity contribution in [3.05, 3.63) is 11.7 Å². The maximum absolute atomic E-state index is 10.3. The molecule has 21 heavy (non-hydrogen) atoms. The zero-order valence-electron chi connectivity index (χ0n) is 12.6. The molecule has 1 unspecified atom stereocenters. The Morgan fingerprint density at radius 3 is 2.71 bits per heavy atom. The zero-order valence-corrected chi connectivity index (χ0v) is 12.6. The summed E-state index contributed by atoms with van der Waals surface area (Å²) in [6, 6.07) is 0. The highest BCUT2D eigenvalue weighted by Gasteiger charge is 2.39. The van der Waals surface area contributed by atoms with Crippen LogP contribution in [-0.2, 0) is 21.5 Å². The molecule has 2 fully saturated rings. The molecule has 1 aromatic rings. The second-order valence-electron chi connectivity index (χ2n) is 6.14. The van der Waals surface area contributed by atoms with Crippen molar-refractivity contribution in [2.75, 3.05) is 20.3 Å². The van der Waals surface area contributed by atoms with Crippen LogP contribution in [0.4, 0.5) is 0 Å². The summed E-state index contributed by atoms with van der Waals surface area (Å²) in [7, 11) is 1.68. The van der Waals surface area contributed by atoms with E-state index in [9.17, 15) is 5.11 Å². The first kappa shape index (κ1) is 14.9. The summed E-state index contributed by atoms with van der Waals surface area (Å²) in [5, 5.41) is 14.3. The Morgan fingerprint density at radius 2 is 2.05 bits per heavy atom. The van der Waals surface area contributed by atoms with Crippen LogP contribution in [0.15, 0.2) is 4.52 Å². The highest BCUT2D eigenvalue weighted by molar-refractivity contribution is 5.03. The monoisotopic (exact) mass is 296 g/mol. The fraction of sp³-hybridized carbons (Fsp3) is 0.867. The number of aliphatic hydroxyl groups is 1. The molecule has 1 aromatic heterocycles. The van der Waals surface area contributed by atoms with Gasteiger partial charge in [-0.2, -0.15) is 4.98 Å². The Morgan fingerprint density at radius 1 is 1.33 bits per heavy atom. The van der Waals surface area contributed by atoms with Gasteiger partial charge in [0.05, 0.1) is 12.5 Å². The number of methoxy groups -OCH3 is 1. The van der Waals surface area contributed by atoms with Gasteiger partial charge in [0.1, 0.15) is 5.60 Å². The number of aromatic nitrogens is 2. The quantitative estimate of drug-likeness (QED) is 0.893. The van der Waals surface area contributed by atoms with Gasteiger partial charge in [0.25, 0.3) is 0 Å².